The summed E-state index contributed by atoms with van der Waals surface area (Å²) in [6.45, 7) is 6.42. The zero-order valence-electron chi connectivity index (χ0n) is 15.7. The Balaban J connectivity index is 0.00000312. The van der Waals surface area contributed by atoms with Crippen LogP contribution >= 0.6 is 24.0 Å². The number of hydrogen-bond acceptors (Lipinski definition) is 4. The largest absolute Gasteiger partial charge is 0.376 e. The van der Waals surface area contributed by atoms with Crippen molar-refractivity contribution in [1.29, 1.82) is 0 Å². The van der Waals surface area contributed by atoms with Crippen molar-refractivity contribution < 1.29 is 14.3 Å². The van der Waals surface area contributed by atoms with E-state index in [1.807, 2.05) is 6.92 Å². The van der Waals surface area contributed by atoms with Crippen LogP contribution in [0.1, 0.15) is 32.6 Å². The predicted octanol–water partition coefficient (Wildman–Crippen LogP) is 1.32. The molecule has 0 saturated carbocycles. The van der Waals surface area contributed by atoms with Crippen LogP contribution in [0.5, 0.6) is 0 Å². The van der Waals surface area contributed by atoms with Crippen molar-refractivity contribution in [3.05, 3.63) is 0 Å². The second-order valence-electron chi connectivity index (χ2n) is 6.61. The van der Waals surface area contributed by atoms with Gasteiger partial charge in [-0.25, -0.2) is 4.99 Å². The van der Waals surface area contributed by atoms with Gasteiger partial charge in [0.1, 0.15) is 6.54 Å². The molecule has 0 radical (unpaired) electrons. The minimum atomic E-state index is 0. The summed E-state index contributed by atoms with van der Waals surface area (Å²) in [6, 6.07) is 0. The number of likely N-dealkylation sites (N-methyl/N-ethyl adjacent to an activating group) is 1. The van der Waals surface area contributed by atoms with E-state index in [1.165, 1.54) is 0 Å². The molecule has 0 bridgehead atoms. The molecule has 0 aromatic rings. The minimum Gasteiger partial charge on any atom is -0.376 e. The van der Waals surface area contributed by atoms with Gasteiger partial charge in [0.25, 0.3) is 0 Å². The number of carbonyl (C=O) groups is 1. The van der Waals surface area contributed by atoms with Crippen LogP contribution in [0.25, 0.3) is 0 Å². The Morgan fingerprint density at radius 2 is 2.04 bits per heavy atom. The number of hydrogen-bond donors (Lipinski definition) is 1. The summed E-state index contributed by atoms with van der Waals surface area (Å²) in [5.41, 5.74) is 0. The van der Waals surface area contributed by atoms with Crippen LogP contribution in [0.3, 0.4) is 0 Å². The number of rotatable bonds is 6. The van der Waals surface area contributed by atoms with Gasteiger partial charge in [0.15, 0.2) is 5.96 Å². The van der Waals surface area contributed by atoms with Crippen molar-refractivity contribution in [3.8, 4) is 0 Å². The van der Waals surface area contributed by atoms with E-state index in [0.29, 0.717) is 12.2 Å². The highest BCUT2D eigenvalue weighted by Crippen LogP contribution is 2.17. The molecule has 0 spiro atoms. The summed E-state index contributed by atoms with van der Waals surface area (Å²) < 4.78 is 11.6. The number of nitrogens with one attached hydrogen (secondary N) is 1. The van der Waals surface area contributed by atoms with Gasteiger partial charge < -0.3 is 24.6 Å². The predicted molar refractivity (Wildman–Crippen MR) is 110 cm³/mol. The third-order valence-corrected chi connectivity index (χ3v) is 4.48. The molecule has 0 aromatic carbocycles. The first-order chi connectivity index (χ1) is 11.6. The zero-order valence-corrected chi connectivity index (χ0v) is 18.0. The highest BCUT2D eigenvalue weighted by Gasteiger charge is 2.24. The van der Waals surface area contributed by atoms with E-state index < -0.39 is 0 Å². The van der Waals surface area contributed by atoms with Gasteiger partial charge in [-0.05, 0) is 32.6 Å². The van der Waals surface area contributed by atoms with E-state index in [4.69, 9.17) is 9.47 Å². The van der Waals surface area contributed by atoms with Crippen molar-refractivity contribution in [2.75, 3.05) is 53.5 Å². The minimum absolute atomic E-state index is 0. The van der Waals surface area contributed by atoms with E-state index >= 15 is 0 Å². The average Bonchev–Trinajstić information content (AvgIpc) is 3.10. The van der Waals surface area contributed by atoms with Gasteiger partial charge in [-0.15, -0.1) is 24.0 Å². The topological polar surface area (TPSA) is 66.4 Å². The molecule has 2 aliphatic rings. The van der Waals surface area contributed by atoms with Gasteiger partial charge in [0, 0.05) is 40.3 Å². The monoisotopic (exact) mass is 468 g/mol. The van der Waals surface area contributed by atoms with E-state index in [9.17, 15) is 4.79 Å². The molecule has 0 aliphatic carbocycles. The van der Waals surface area contributed by atoms with Crippen LogP contribution < -0.4 is 5.32 Å². The van der Waals surface area contributed by atoms with Crippen molar-refractivity contribution in [3.63, 3.8) is 0 Å². The second-order valence-corrected chi connectivity index (χ2v) is 6.61. The van der Waals surface area contributed by atoms with Crippen molar-refractivity contribution in [1.82, 2.24) is 15.1 Å². The van der Waals surface area contributed by atoms with Gasteiger partial charge in [-0.1, -0.05) is 0 Å². The Hall–Kier alpha value is -0.610. The fraction of sp³-hybridized carbons (Fsp3) is 0.882. The molecule has 25 heavy (non-hydrogen) atoms. The highest BCUT2D eigenvalue weighted by molar-refractivity contribution is 14.0. The van der Waals surface area contributed by atoms with E-state index in [0.717, 1.165) is 64.5 Å². The van der Waals surface area contributed by atoms with Crippen molar-refractivity contribution in [2.24, 2.45) is 4.99 Å². The molecule has 8 heteroatoms. The number of piperidine rings is 1. The zero-order chi connectivity index (χ0) is 17.4. The number of ether oxygens (including phenoxy) is 2. The maximum Gasteiger partial charge on any atom is 0.243 e. The van der Waals surface area contributed by atoms with Gasteiger partial charge >= 0.3 is 0 Å². The van der Waals surface area contributed by atoms with Crippen LogP contribution in [0.15, 0.2) is 4.99 Å². The van der Waals surface area contributed by atoms with E-state index in [1.54, 1.807) is 19.0 Å². The summed E-state index contributed by atoms with van der Waals surface area (Å²) in [5.74, 6) is 0.838. The molecule has 1 unspecified atom stereocenters. The SMILES string of the molecule is CCNC(=NCC(=O)N(C)C)N1CCC(OCC2CCCO2)CC1.I. The quantitative estimate of drug-likeness (QED) is 0.362. The fourth-order valence-corrected chi connectivity index (χ4v) is 2.96. The molecule has 2 fully saturated rings. The number of guanidine groups is 1. The molecular weight excluding hydrogens is 435 g/mol. The first kappa shape index (κ1) is 22.4. The number of carbonyl (C=O) groups excluding carboxylic acids is 1. The van der Waals surface area contributed by atoms with Crippen LogP contribution in [0.2, 0.25) is 0 Å². The van der Waals surface area contributed by atoms with Crippen LogP contribution in [0, 0.1) is 0 Å². The van der Waals surface area contributed by atoms with E-state index in [-0.39, 0.29) is 36.4 Å². The lowest BCUT2D eigenvalue weighted by atomic mass is 10.1. The molecule has 2 aliphatic heterocycles. The molecule has 7 nitrogen and oxygen atoms in total. The van der Waals surface area contributed by atoms with Crippen molar-refractivity contribution >= 4 is 35.8 Å². The fourth-order valence-electron chi connectivity index (χ4n) is 2.96. The Morgan fingerprint density at radius 3 is 2.60 bits per heavy atom. The first-order valence-electron chi connectivity index (χ1n) is 9.06. The van der Waals surface area contributed by atoms with Gasteiger partial charge in [0.2, 0.25) is 5.91 Å². The molecular formula is C17H33IN4O3. The Bertz CT molecular complexity index is 420. The Kier molecular flexibility index (Phi) is 10.7. The van der Waals surface area contributed by atoms with Gasteiger partial charge in [-0.3, -0.25) is 4.79 Å². The normalized spacial score (nSPS) is 21.8. The van der Waals surface area contributed by atoms with E-state index in [2.05, 4.69) is 15.2 Å². The molecule has 1 N–H and O–H groups in total. The van der Waals surface area contributed by atoms with Crippen molar-refractivity contribution in [2.45, 2.75) is 44.8 Å². The standard InChI is InChI=1S/C17H32N4O3.HI/c1-4-18-17(19-12-16(22)20(2)3)21-9-7-14(8-10-21)24-13-15-6-5-11-23-15;/h14-15H,4-13H2,1-3H3,(H,18,19);1H. The van der Waals surface area contributed by atoms with Crippen LogP contribution in [-0.4, -0.2) is 87.4 Å². The number of nitrogens with zero attached hydrogens (tertiary/aromatic N) is 3. The molecule has 1 amide bonds. The third kappa shape index (κ3) is 7.65. The number of halogens is 1. The summed E-state index contributed by atoms with van der Waals surface area (Å²) >= 11 is 0. The molecule has 2 heterocycles. The summed E-state index contributed by atoms with van der Waals surface area (Å²) in [5, 5.41) is 3.28. The second kappa shape index (κ2) is 11.9. The molecule has 2 rings (SSSR count). The lowest BCUT2D eigenvalue weighted by Gasteiger charge is -2.34. The summed E-state index contributed by atoms with van der Waals surface area (Å²) in [7, 11) is 3.50. The number of amides is 1. The maximum absolute atomic E-state index is 11.7. The summed E-state index contributed by atoms with van der Waals surface area (Å²) in [6.07, 6.45) is 4.84. The molecule has 0 aromatic heterocycles. The van der Waals surface area contributed by atoms with Crippen LogP contribution in [0.4, 0.5) is 0 Å². The smallest absolute Gasteiger partial charge is 0.243 e. The molecule has 146 valence electrons. The molecule has 2 saturated heterocycles. The third-order valence-electron chi connectivity index (χ3n) is 4.48. The molecule has 1 atom stereocenters. The average molecular weight is 468 g/mol. The van der Waals surface area contributed by atoms with Crippen LogP contribution in [-0.2, 0) is 14.3 Å². The first-order valence-corrected chi connectivity index (χ1v) is 9.06. The number of aliphatic imine (C=N–C) groups is 1. The lowest BCUT2D eigenvalue weighted by molar-refractivity contribution is -0.127. The Morgan fingerprint density at radius 1 is 1.32 bits per heavy atom. The van der Waals surface area contributed by atoms with Gasteiger partial charge in [0.05, 0.1) is 18.8 Å². The van der Waals surface area contributed by atoms with Gasteiger partial charge in [-0.2, -0.15) is 0 Å². The maximum atomic E-state index is 11.7. The Labute approximate surface area is 168 Å². The summed E-state index contributed by atoms with van der Waals surface area (Å²) in [4.78, 5) is 20.0. The highest BCUT2D eigenvalue weighted by atomic mass is 127. The number of likely N-dealkylation sites (tertiary alicyclic amines) is 1. The lowest BCUT2D eigenvalue weighted by Crippen LogP contribution is -2.47.